The Morgan fingerprint density at radius 2 is 1.92 bits per heavy atom. The van der Waals surface area contributed by atoms with Gasteiger partial charge < -0.3 is 15.3 Å². The van der Waals surface area contributed by atoms with Crippen LogP contribution in [0, 0.1) is 11.8 Å². The minimum atomic E-state index is -1.41. The monoisotopic (exact) mass is 176 g/mol. The lowest BCUT2D eigenvalue weighted by Crippen LogP contribution is -2.24. The van der Waals surface area contributed by atoms with Crippen molar-refractivity contribution < 1.29 is 20.1 Å². The molecule has 0 aliphatic heterocycles. The minimum Gasteiger partial charge on any atom is -0.481 e. The molecule has 0 rings (SSSR count). The highest BCUT2D eigenvalue weighted by Crippen LogP contribution is 2.20. The topological polar surface area (TPSA) is 77.8 Å². The summed E-state index contributed by atoms with van der Waals surface area (Å²) in [5, 5.41) is 25.9. The fourth-order valence-electron chi connectivity index (χ4n) is 1.20. The number of hydrogen-bond acceptors (Lipinski definition) is 3. The van der Waals surface area contributed by atoms with Crippen LogP contribution in [0.15, 0.2) is 0 Å². The van der Waals surface area contributed by atoms with Crippen LogP contribution in [0.2, 0.25) is 0 Å². The van der Waals surface area contributed by atoms with Crippen molar-refractivity contribution in [2.75, 3.05) is 0 Å². The molecule has 0 radical (unpaired) electrons. The Labute approximate surface area is 71.8 Å². The molecular formula is C8H16O4. The Morgan fingerprint density at radius 1 is 1.42 bits per heavy atom. The van der Waals surface area contributed by atoms with E-state index in [2.05, 4.69) is 0 Å². The predicted molar refractivity (Wildman–Crippen MR) is 43.4 cm³/mol. The van der Waals surface area contributed by atoms with E-state index in [-0.39, 0.29) is 12.3 Å². The number of carboxylic acid groups (broad SMARTS) is 1. The van der Waals surface area contributed by atoms with Crippen LogP contribution in [-0.4, -0.2) is 27.6 Å². The van der Waals surface area contributed by atoms with E-state index in [1.807, 2.05) is 6.92 Å². The summed E-state index contributed by atoms with van der Waals surface area (Å²) in [6.07, 6.45) is -0.633. The quantitative estimate of drug-likeness (QED) is 0.531. The normalized spacial score (nSPS) is 16.1. The van der Waals surface area contributed by atoms with Crippen LogP contribution in [0.5, 0.6) is 0 Å². The predicted octanol–water partition coefficient (Wildman–Crippen LogP) is 0.434. The van der Waals surface area contributed by atoms with Crippen LogP contribution >= 0.6 is 0 Å². The average molecular weight is 176 g/mol. The molecule has 0 aliphatic rings. The SMILES string of the molecule is CCC(CC(O)O)C(C)C(=O)O. The van der Waals surface area contributed by atoms with Gasteiger partial charge in [0, 0.05) is 6.42 Å². The zero-order valence-electron chi connectivity index (χ0n) is 7.40. The third kappa shape index (κ3) is 3.69. The molecule has 0 aliphatic carbocycles. The van der Waals surface area contributed by atoms with E-state index < -0.39 is 18.2 Å². The molecule has 0 aromatic rings. The molecule has 0 spiro atoms. The van der Waals surface area contributed by atoms with Gasteiger partial charge in [0.25, 0.3) is 0 Å². The zero-order chi connectivity index (χ0) is 9.72. The van der Waals surface area contributed by atoms with Gasteiger partial charge in [-0.1, -0.05) is 20.3 Å². The second-order valence-corrected chi connectivity index (χ2v) is 3.01. The van der Waals surface area contributed by atoms with Crippen LogP contribution in [0.25, 0.3) is 0 Å². The van der Waals surface area contributed by atoms with Crippen molar-refractivity contribution >= 4 is 5.97 Å². The fourth-order valence-corrected chi connectivity index (χ4v) is 1.20. The van der Waals surface area contributed by atoms with E-state index in [1.165, 1.54) is 0 Å². The van der Waals surface area contributed by atoms with Crippen LogP contribution < -0.4 is 0 Å². The lowest BCUT2D eigenvalue weighted by atomic mass is 9.88. The zero-order valence-corrected chi connectivity index (χ0v) is 7.40. The highest BCUT2D eigenvalue weighted by Gasteiger charge is 2.23. The molecule has 72 valence electrons. The molecule has 4 nitrogen and oxygen atoms in total. The molecule has 0 fully saturated rings. The smallest absolute Gasteiger partial charge is 0.306 e. The van der Waals surface area contributed by atoms with Gasteiger partial charge in [0.2, 0.25) is 0 Å². The van der Waals surface area contributed by atoms with E-state index in [9.17, 15) is 4.79 Å². The summed E-state index contributed by atoms with van der Waals surface area (Å²) in [5.74, 6) is -1.57. The number of hydrogen-bond donors (Lipinski definition) is 3. The highest BCUT2D eigenvalue weighted by molar-refractivity contribution is 5.69. The highest BCUT2D eigenvalue weighted by atomic mass is 16.5. The van der Waals surface area contributed by atoms with Crippen LogP contribution in [0.4, 0.5) is 0 Å². The van der Waals surface area contributed by atoms with Crippen molar-refractivity contribution in [2.24, 2.45) is 11.8 Å². The standard InChI is InChI=1S/C8H16O4/c1-3-6(4-7(9)10)5(2)8(11)12/h5-7,9-10H,3-4H2,1-2H3,(H,11,12). The molecule has 12 heavy (non-hydrogen) atoms. The van der Waals surface area contributed by atoms with E-state index in [1.54, 1.807) is 6.92 Å². The van der Waals surface area contributed by atoms with Crippen molar-refractivity contribution in [1.82, 2.24) is 0 Å². The van der Waals surface area contributed by atoms with Gasteiger partial charge in [-0.25, -0.2) is 0 Å². The third-order valence-electron chi connectivity index (χ3n) is 2.13. The van der Waals surface area contributed by atoms with Crippen molar-refractivity contribution in [3.63, 3.8) is 0 Å². The molecule has 0 aromatic carbocycles. The van der Waals surface area contributed by atoms with Gasteiger partial charge in [0.15, 0.2) is 6.29 Å². The molecule has 3 N–H and O–H groups in total. The second-order valence-electron chi connectivity index (χ2n) is 3.01. The molecule has 0 amide bonds. The Bertz CT molecular complexity index is 144. The van der Waals surface area contributed by atoms with Gasteiger partial charge in [0.1, 0.15) is 0 Å². The maximum Gasteiger partial charge on any atom is 0.306 e. The molecule has 2 unspecified atom stereocenters. The van der Waals surface area contributed by atoms with Gasteiger partial charge in [-0.3, -0.25) is 4.79 Å². The van der Waals surface area contributed by atoms with E-state index in [0.717, 1.165) is 0 Å². The number of carboxylic acids is 1. The Morgan fingerprint density at radius 3 is 2.17 bits per heavy atom. The largest absolute Gasteiger partial charge is 0.481 e. The van der Waals surface area contributed by atoms with E-state index in [0.29, 0.717) is 6.42 Å². The number of aliphatic hydroxyl groups is 2. The van der Waals surface area contributed by atoms with Crippen LogP contribution in [0.1, 0.15) is 26.7 Å². The lowest BCUT2D eigenvalue weighted by Gasteiger charge is -2.19. The Kier molecular flexibility index (Phi) is 4.85. The second kappa shape index (κ2) is 5.11. The summed E-state index contributed by atoms with van der Waals surface area (Å²) in [4.78, 5) is 10.5. The number of aliphatic carboxylic acids is 1. The molecule has 0 saturated heterocycles. The number of aliphatic hydroxyl groups excluding tert-OH is 1. The van der Waals surface area contributed by atoms with Gasteiger partial charge in [0.05, 0.1) is 5.92 Å². The van der Waals surface area contributed by atoms with Crippen molar-refractivity contribution in [1.29, 1.82) is 0 Å². The van der Waals surface area contributed by atoms with Crippen molar-refractivity contribution in [2.45, 2.75) is 33.0 Å². The average Bonchev–Trinajstić information content (AvgIpc) is 1.98. The van der Waals surface area contributed by atoms with Crippen molar-refractivity contribution in [3.05, 3.63) is 0 Å². The first-order chi connectivity index (χ1) is 5.49. The summed E-state index contributed by atoms with van der Waals surface area (Å²) in [6, 6.07) is 0. The maximum atomic E-state index is 10.5. The summed E-state index contributed by atoms with van der Waals surface area (Å²) in [5.41, 5.74) is 0. The molecule has 0 saturated carbocycles. The molecular weight excluding hydrogens is 160 g/mol. The van der Waals surface area contributed by atoms with Crippen LogP contribution in [0.3, 0.4) is 0 Å². The first-order valence-electron chi connectivity index (χ1n) is 4.08. The van der Waals surface area contributed by atoms with Gasteiger partial charge >= 0.3 is 5.97 Å². The van der Waals surface area contributed by atoms with Crippen molar-refractivity contribution in [3.8, 4) is 0 Å². The van der Waals surface area contributed by atoms with Gasteiger partial charge in [-0.2, -0.15) is 0 Å². The minimum absolute atomic E-state index is 0.129. The lowest BCUT2D eigenvalue weighted by molar-refractivity contribution is -0.144. The summed E-state index contributed by atoms with van der Waals surface area (Å²) in [6.45, 7) is 3.42. The first kappa shape index (κ1) is 11.4. The summed E-state index contributed by atoms with van der Waals surface area (Å²) >= 11 is 0. The third-order valence-corrected chi connectivity index (χ3v) is 2.13. The fraction of sp³-hybridized carbons (Fsp3) is 0.875. The molecule has 0 aromatic heterocycles. The van der Waals surface area contributed by atoms with Gasteiger partial charge in [-0.15, -0.1) is 0 Å². The molecule has 4 heteroatoms. The van der Waals surface area contributed by atoms with E-state index in [4.69, 9.17) is 15.3 Å². The number of carbonyl (C=O) groups is 1. The Hall–Kier alpha value is -0.610. The van der Waals surface area contributed by atoms with Crippen LogP contribution in [-0.2, 0) is 4.79 Å². The number of rotatable bonds is 5. The molecule has 2 atom stereocenters. The summed E-state index contributed by atoms with van der Waals surface area (Å²) in [7, 11) is 0. The van der Waals surface area contributed by atoms with Gasteiger partial charge in [-0.05, 0) is 5.92 Å². The van der Waals surface area contributed by atoms with E-state index >= 15 is 0 Å². The Balaban J connectivity index is 4.05. The maximum absolute atomic E-state index is 10.5. The first-order valence-corrected chi connectivity index (χ1v) is 4.08. The molecule has 0 heterocycles. The summed E-state index contributed by atoms with van der Waals surface area (Å²) < 4.78 is 0. The molecule has 0 bridgehead atoms.